The second kappa shape index (κ2) is 4.33. The zero-order chi connectivity index (χ0) is 11.9. The van der Waals surface area contributed by atoms with Crippen molar-refractivity contribution in [2.45, 2.75) is 59.0 Å². The third-order valence-corrected chi connectivity index (χ3v) is 5.90. The summed E-state index contributed by atoms with van der Waals surface area (Å²) in [6.45, 7) is 9.50. The summed E-state index contributed by atoms with van der Waals surface area (Å²) in [5.74, 6) is 4.66. The smallest absolute Gasteiger partial charge is 0.0676 e. The average Bonchev–Trinajstić information content (AvgIpc) is 2.81. The Morgan fingerprint density at radius 1 is 1.06 bits per heavy atom. The molecule has 0 aliphatic heterocycles. The molecule has 5 unspecified atom stereocenters. The van der Waals surface area contributed by atoms with Crippen molar-refractivity contribution in [3.05, 3.63) is 0 Å². The fourth-order valence-corrected chi connectivity index (χ4v) is 4.45. The summed E-state index contributed by atoms with van der Waals surface area (Å²) >= 11 is 0. The minimum atomic E-state index is 0.129. The predicted octanol–water partition coefficient (Wildman–Crippen LogP) is 4.12. The van der Waals surface area contributed by atoms with Crippen molar-refractivity contribution in [3.8, 4) is 0 Å². The van der Waals surface area contributed by atoms with E-state index < -0.39 is 0 Å². The van der Waals surface area contributed by atoms with E-state index in [1.807, 2.05) is 7.11 Å². The van der Waals surface area contributed by atoms with E-state index >= 15 is 0 Å². The Labute approximate surface area is 101 Å². The Kier molecular flexibility index (Phi) is 3.36. The Bertz CT molecular complexity index is 228. The van der Waals surface area contributed by atoms with Gasteiger partial charge in [0.2, 0.25) is 0 Å². The molecule has 2 aliphatic rings. The van der Waals surface area contributed by atoms with Gasteiger partial charge in [-0.25, -0.2) is 0 Å². The molecule has 2 fully saturated rings. The van der Waals surface area contributed by atoms with Crippen molar-refractivity contribution in [2.75, 3.05) is 7.11 Å². The van der Waals surface area contributed by atoms with Gasteiger partial charge in [-0.1, -0.05) is 20.8 Å². The van der Waals surface area contributed by atoms with Crippen molar-refractivity contribution in [2.24, 2.45) is 29.6 Å². The first kappa shape index (κ1) is 12.4. The van der Waals surface area contributed by atoms with Crippen molar-refractivity contribution in [1.29, 1.82) is 0 Å². The van der Waals surface area contributed by atoms with Crippen LogP contribution in [0.1, 0.15) is 53.4 Å². The molecule has 0 aromatic heterocycles. The van der Waals surface area contributed by atoms with E-state index in [1.165, 1.54) is 19.3 Å². The molecule has 0 heterocycles. The molecule has 16 heavy (non-hydrogen) atoms. The van der Waals surface area contributed by atoms with E-state index in [1.54, 1.807) is 0 Å². The molecule has 5 atom stereocenters. The van der Waals surface area contributed by atoms with Crippen LogP contribution in [0.15, 0.2) is 0 Å². The number of fused-ring (bicyclic) bond motifs is 1. The van der Waals surface area contributed by atoms with Gasteiger partial charge in [0.15, 0.2) is 0 Å². The fourth-order valence-electron chi connectivity index (χ4n) is 4.45. The van der Waals surface area contributed by atoms with Crippen molar-refractivity contribution in [1.82, 2.24) is 0 Å². The number of hydrogen-bond acceptors (Lipinski definition) is 1. The SMILES string of the molecule is CCC(C)(OC)C1CC2C(C)CC(C)C2C1. The van der Waals surface area contributed by atoms with Crippen molar-refractivity contribution in [3.63, 3.8) is 0 Å². The van der Waals surface area contributed by atoms with Gasteiger partial charge in [0.05, 0.1) is 5.60 Å². The predicted molar refractivity (Wildman–Crippen MR) is 68.4 cm³/mol. The van der Waals surface area contributed by atoms with E-state index in [2.05, 4.69) is 27.7 Å². The largest absolute Gasteiger partial charge is 0.378 e. The van der Waals surface area contributed by atoms with Gasteiger partial charge in [-0.3, -0.25) is 0 Å². The Morgan fingerprint density at radius 2 is 1.56 bits per heavy atom. The zero-order valence-corrected chi connectivity index (χ0v) is 11.6. The Balaban J connectivity index is 2.08. The molecule has 0 amide bonds. The summed E-state index contributed by atoms with van der Waals surface area (Å²) in [5, 5.41) is 0. The zero-order valence-electron chi connectivity index (χ0n) is 11.6. The van der Waals surface area contributed by atoms with Crippen LogP contribution >= 0.6 is 0 Å². The minimum absolute atomic E-state index is 0.129. The molecule has 0 radical (unpaired) electrons. The van der Waals surface area contributed by atoms with Crippen LogP contribution in [0.5, 0.6) is 0 Å². The van der Waals surface area contributed by atoms with Crippen LogP contribution in [0, 0.1) is 29.6 Å². The molecule has 1 nitrogen and oxygen atoms in total. The maximum atomic E-state index is 5.81. The van der Waals surface area contributed by atoms with Crippen LogP contribution < -0.4 is 0 Å². The maximum Gasteiger partial charge on any atom is 0.0676 e. The number of methoxy groups -OCH3 is 1. The number of rotatable bonds is 3. The van der Waals surface area contributed by atoms with Crippen LogP contribution in [0.2, 0.25) is 0 Å². The van der Waals surface area contributed by atoms with Crippen molar-refractivity contribution < 1.29 is 4.74 Å². The fraction of sp³-hybridized carbons (Fsp3) is 1.00. The highest BCUT2D eigenvalue weighted by atomic mass is 16.5. The summed E-state index contributed by atoms with van der Waals surface area (Å²) in [5.41, 5.74) is 0.129. The van der Waals surface area contributed by atoms with Gasteiger partial charge in [0.1, 0.15) is 0 Å². The Hall–Kier alpha value is -0.0400. The molecular weight excluding hydrogens is 196 g/mol. The molecule has 0 N–H and O–H groups in total. The molecule has 2 aliphatic carbocycles. The molecule has 0 bridgehead atoms. The first-order chi connectivity index (χ1) is 7.51. The molecule has 0 aromatic carbocycles. The summed E-state index contributed by atoms with van der Waals surface area (Å²) in [7, 11) is 1.89. The van der Waals surface area contributed by atoms with E-state index in [0.29, 0.717) is 0 Å². The molecule has 94 valence electrons. The van der Waals surface area contributed by atoms with Gasteiger partial charge in [0.25, 0.3) is 0 Å². The molecular formula is C15H28O. The molecule has 0 spiro atoms. The quantitative estimate of drug-likeness (QED) is 0.700. The topological polar surface area (TPSA) is 9.23 Å². The molecule has 2 rings (SSSR count). The van der Waals surface area contributed by atoms with Gasteiger partial charge in [-0.2, -0.15) is 0 Å². The first-order valence-electron chi connectivity index (χ1n) is 7.07. The first-order valence-corrected chi connectivity index (χ1v) is 7.07. The van der Waals surface area contributed by atoms with Gasteiger partial charge >= 0.3 is 0 Å². The molecule has 2 saturated carbocycles. The summed E-state index contributed by atoms with van der Waals surface area (Å²) in [6, 6.07) is 0. The molecule has 0 aromatic rings. The minimum Gasteiger partial charge on any atom is -0.378 e. The lowest BCUT2D eigenvalue weighted by Crippen LogP contribution is -2.35. The van der Waals surface area contributed by atoms with Crippen LogP contribution in [0.25, 0.3) is 0 Å². The third-order valence-electron chi connectivity index (χ3n) is 5.90. The summed E-state index contributed by atoms with van der Waals surface area (Å²) < 4.78 is 5.81. The van der Waals surface area contributed by atoms with E-state index in [9.17, 15) is 0 Å². The van der Waals surface area contributed by atoms with Gasteiger partial charge in [-0.15, -0.1) is 0 Å². The maximum absolute atomic E-state index is 5.81. The highest BCUT2D eigenvalue weighted by Gasteiger charge is 2.49. The highest BCUT2D eigenvalue weighted by Crippen LogP contribution is 2.55. The van der Waals surface area contributed by atoms with E-state index in [-0.39, 0.29) is 5.60 Å². The van der Waals surface area contributed by atoms with Crippen LogP contribution in [-0.4, -0.2) is 12.7 Å². The second-order valence-electron chi connectivity index (χ2n) is 6.56. The van der Waals surface area contributed by atoms with Gasteiger partial charge in [-0.05, 0) is 62.2 Å². The lowest BCUT2D eigenvalue weighted by Gasteiger charge is -2.34. The second-order valence-corrected chi connectivity index (χ2v) is 6.56. The number of ether oxygens (including phenoxy) is 1. The normalized spacial score (nSPS) is 46.7. The molecule has 1 heteroatoms. The van der Waals surface area contributed by atoms with E-state index in [4.69, 9.17) is 4.74 Å². The van der Waals surface area contributed by atoms with Gasteiger partial charge < -0.3 is 4.74 Å². The van der Waals surface area contributed by atoms with Crippen molar-refractivity contribution >= 4 is 0 Å². The monoisotopic (exact) mass is 224 g/mol. The summed E-state index contributed by atoms with van der Waals surface area (Å²) in [6.07, 6.45) is 5.43. The van der Waals surface area contributed by atoms with Gasteiger partial charge in [0, 0.05) is 7.11 Å². The highest BCUT2D eigenvalue weighted by molar-refractivity contribution is 4.99. The van der Waals surface area contributed by atoms with Crippen LogP contribution in [-0.2, 0) is 4.74 Å². The standard InChI is InChI=1S/C15H28O/c1-6-15(4,16-5)12-8-13-10(2)7-11(3)14(13)9-12/h10-14H,6-9H2,1-5H3. The third kappa shape index (κ3) is 1.81. The van der Waals surface area contributed by atoms with E-state index in [0.717, 1.165) is 36.0 Å². The molecule has 0 saturated heterocycles. The summed E-state index contributed by atoms with van der Waals surface area (Å²) in [4.78, 5) is 0. The van der Waals surface area contributed by atoms with Crippen LogP contribution in [0.4, 0.5) is 0 Å². The lowest BCUT2D eigenvalue weighted by atomic mass is 9.82. The van der Waals surface area contributed by atoms with Crippen LogP contribution in [0.3, 0.4) is 0 Å². The lowest BCUT2D eigenvalue weighted by molar-refractivity contribution is -0.0479. The number of hydrogen-bond donors (Lipinski definition) is 0. The average molecular weight is 224 g/mol. The Morgan fingerprint density at radius 3 is 1.94 bits per heavy atom.